The Balaban J connectivity index is 1.69. The Morgan fingerprint density at radius 2 is 2.09 bits per heavy atom. The molecule has 0 aromatic carbocycles. The summed E-state index contributed by atoms with van der Waals surface area (Å²) in [7, 11) is 0. The van der Waals surface area contributed by atoms with Crippen molar-refractivity contribution in [1.82, 2.24) is 9.80 Å². The van der Waals surface area contributed by atoms with Crippen molar-refractivity contribution in [2.75, 3.05) is 52.5 Å². The van der Waals surface area contributed by atoms with E-state index in [2.05, 4.69) is 16.7 Å². The molecule has 6 heteroatoms. The quantitative estimate of drug-likeness (QED) is 0.714. The number of likely N-dealkylation sites (tertiary alicyclic amines) is 1. The number of rotatable bonds is 6. The van der Waals surface area contributed by atoms with E-state index in [0.717, 1.165) is 52.2 Å². The Bertz CT molecular complexity index is 345. The van der Waals surface area contributed by atoms with Crippen LogP contribution < -0.4 is 0 Å². The maximum Gasteiger partial charge on any atom is 0.310 e. The third-order valence-corrected chi connectivity index (χ3v) is 4.62. The van der Waals surface area contributed by atoms with Crippen LogP contribution in [0.15, 0.2) is 0 Å². The second-order valence-corrected chi connectivity index (χ2v) is 6.50. The van der Waals surface area contributed by atoms with Crippen molar-refractivity contribution in [3.05, 3.63) is 0 Å². The summed E-state index contributed by atoms with van der Waals surface area (Å²) in [4.78, 5) is 16.7. The Hall–Kier alpha value is -0.690. The van der Waals surface area contributed by atoms with E-state index in [0.29, 0.717) is 12.1 Å². The number of aliphatic hydroxyl groups excluding tert-OH is 1. The summed E-state index contributed by atoms with van der Waals surface area (Å²) in [6.07, 6.45) is 2.66. The van der Waals surface area contributed by atoms with E-state index in [1.807, 2.05) is 6.92 Å². The third kappa shape index (κ3) is 5.19. The molecule has 2 aliphatic rings. The fraction of sp³-hybridized carbons (Fsp3) is 0.938. The number of hydrogen-bond donors (Lipinski definition) is 1. The molecule has 0 aromatic rings. The minimum atomic E-state index is -0.210. The lowest BCUT2D eigenvalue weighted by Crippen LogP contribution is -2.51. The lowest BCUT2D eigenvalue weighted by atomic mass is 10.0. The van der Waals surface area contributed by atoms with Gasteiger partial charge in [0.2, 0.25) is 0 Å². The van der Waals surface area contributed by atoms with Gasteiger partial charge in [-0.1, -0.05) is 6.92 Å². The summed E-state index contributed by atoms with van der Waals surface area (Å²) >= 11 is 0. The van der Waals surface area contributed by atoms with E-state index >= 15 is 0 Å². The lowest BCUT2D eigenvalue weighted by molar-refractivity contribution is -0.149. The second-order valence-electron chi connectivity index (χ2n) is 6.50. The molecule has 128 valence electrons. The molecule has 6 nitrogen and oxygen atoms in total. The van der Waals surface area contributed by atoms with Gasteiger partial charge in [0, 0.05) is 25.7 Å². The number of morpholine rings is 1. The first-order valence-electron chi connectivity index (χ1n) is 8.45. The van der Waals surface area contributed by atoms with Crippen LogP contribution in [0.3, 0.4) is 0 Å². The van der Waals surface area contributed by atoms with Crippen LogP contribution in [0, 0.1) is 5.92 Å². The van der Waals surface area contributed by atoms with Gasteiger partial charge in [-0.15, -0.1) is 0 Å². The number of ether oxygens (including phenoxy) is 2. The summed E-state index contributed by atoms with van der Waals surface area (Å²) in [5, 5.41) is 8.69. The number of esters is 1. The van der Waals surface area contributed by atoms with E-state index in [1.54, 1.807) is 0 Å². The molecule has 2 fully saturated rings. The van der Waals surface area contributed by atoms with Crippen molar-refractivity contribution in [3.8, 4) is 0 Å². The molecule has 2 atom stereocenters. The maximum absolute atomic E-state index is 11.7. The SMILES string of the molecule is C[C@H]1CN(C2CCN(C[C@H](C)C(=O)OCCO)CC2)CCO1. The van der Waals surface area contributed by atoms with Crippen molar-refractivity contribution in [2.45, 2.75) is 38.8 Å². The summed E-state index contributed by atoms with van der Waals surface area (Å²) in [6, 6.07) is 0.652. The molecule has 2 rings (SSSR count). The molecule has 0 saturated carbocycles. The molecule has 0 unspecified atom stereocenters. The van der Waals surface area contributed by atoms with Crippen LogP contribution in [-0.4, -0.2) is 85.6 Å². The zero-order valence-corrected chi connectivity index (χ0v) is 13.9. The Kier molecular flexibility index (Phi) is 7.08. The van der Waals surface area contributed by atoms with E-state index < -0.39 is 0 Å². The molecule has 0 bridgehead atoms. The molecular formula is C16H30N2O4. The molecular weight excluding hydrogens is 284 g/mol. The van der Waals surface area contributed by atoms with Gasteiger partial charge in [-0.05, 0) is 32.9 Å². The van der Waals surface area contributed by atoms with Crippen molar-refractivity contribution in [3.63, 3.8) is 0 Å². The molecule has 0 aliphatic carbocycles. The monoisotopic (exact) mass is 314 g/mol. The van der Waals surface area contributed by atoms with Crippen molar-refractivity contribution in [1.29, 1.82) is 0 Å². The summed E-state index contributed by atoms with van der Waals surface area (Å²) < 4.78 is 10.6. The predicted octanol–water partition coefficient (Wildman–Crippen LogP) is 0.343. The first-order valence-corrected chi connectivity index (χ1v) is 8.45. The second kappa shape index (κ2) is 8.82. The first kappa shape index (κ1) is 17.7. The topological polar surface area (TPSA) is 62.2 Å². The predicted molar refractivity (Wildman–Crippen MR) is 83.7 cm³/mol. The molecule has 1 N–H and O–H groups in total. The molecule has 0 radical (unpaired) electrons. The van der Waals surface area contributed by atoms with Crippen LogP contribution in [0.4, 0.5) is 0 Å². The van der Waals surface area contributed by atoms with Gasteiger partial charge >= 0.3 is 5.97 Å². The average Bonchev–Trinajstić information content (AvgIpc) is 2.53. The van der Waals surface area contributed by atoms with Gasteiger partial charge in [0.25, 0.3) is 0 Å². The van der Waals surface area contributed by atoms with Crippen LogP contribution in [0.2, 0.25) is 0 Å². The van der Waals surface area contributed by atoms with Gasteiger partial charge in [0.15, 0.2) is 0 Å². The number of hydrogen-bond acceptors (Lipinski definition) is 6. The van der Waals surface area contributed by atoms with Crippen molar-refractivity contribution >= 4 is 5.97 Å². The van der Waals surface area contributed by atoms with Gasteiger partial charge in [-0.3, -0.25) is 9.69 Å². The summed E-state index contributed by atoms with van der Waals surface area (Å²) in [5.41, 5.74) is 0. The van der Waals surface area contributed by atoms with Crippen LogP contribution >= 0.6 is 0 Å². The highest BCUT2D eigenvalue weighted by atomic mass is 16.5. The van der Waals surface area contributed by atoms with Gasteiger partial charge in [0.05, 0.1) is 25.2 Å². The first-order chi connectivity index (χ1) is 10.6. The summed E-state index contributed by atoms with van der Waals surface area (Å²) in [6.45, 7) is 9.76. The van der Waals surface area contributed by atoms with Gasteiger partial charge in [-0.2, -0.15) is 0 Å². The van der Waals surface area contributed by atoms with E-state index in [-0.39, 0.29) is 25.1 Å². The van der Waals surface area contributed by atoms with Crippen molar-refractivity contribution < 1.29 is 19.4 Å². The highest BCUT2D eigenvalue weighted by Crippen LogP contribution is 2.20. The zero-order chi connectivity index (χ0) is 15.9. The number of carbonyl (C=O) groups excluding carboxylic acids is 1. The van der Waals surface area contributed by atoms with Crippen molar-refractivity contribution in [2.24, 2.45) is 5.92 Å². The minimum Gasteiger partial charge on any atom is -0.463 e. The van der Waals surface area contributed by atoms with Gasteiger partial charge in [0.1, 0.15) is 6.61 Å². The minimum absolute atomic E-state index is 0.0977. The molecule has 0 aromatic heterocycles. The summed E-state index contributed by atoms with van der Waals surface area (Å²) in [5.74, 6) is -0.343. The van der Waals surface area contributed by atoms with E-state index in [1.165, 1.54) is 0 Å². The van der Waals surface area contributed by atoms with Gasteiger partial charge in [-0.25, -0.2) is 0 Å². The molecule has 0 spiro atoms. The van der Waals surface area contributed by atoms with E-state index in [4.69, 9.17) is 14.6 Å². The smallest absolute Gasteiger partial charge is 0.310 e. The Morgan fingerprint density at radius 3 is 2.73 bits per heavy atom. The maximum atomic E-state index is 11.7. The average molecular weight is 314 g/mol. The van der Waals surface area contributed by atoms with Gasteiger partial charge < -0.3 is 19.5 Å². The number of piperidine rings is 1. The number of carbonyl (C=O) groups is 1. The van der Waals surface area contributed by atoms with Crippen LogP contribution in [0.25, 0.3) is 0 Å². The highest BCUT2D eigenvalue weighted by Gasteiger charge is 2.29. The highest BCUT2D eigenvalue weighted by molar-refractivity contribution is 5.72. The normalized spacial score (nSPS) is 26.8. The van der Waals surface area contributed by atoms with Crippen LogP contribution in [-0.2, 0) is 14.3 Å². The Labute approximate surface area is 133 Å². The fourth-order valence-electron chi connectivity index (χ4n) is 3.39. The van der Waals surface area contributed by atoms with Crippen LogP contribution in [0.5, 0.6) is 0 Å². The zero-order valence-electron chi connectivity index (χ0n) is 13.9. The standard InChI is InChI=1S/C16H30N2O4/c1-13(16(20)22-10-8-19)11-17-5-3-15(4-6-17)18-7-9-21-14(2)12-18/h13-15,19H,3-12H2,1-2H3/t13-,14-/m0/s1. The van der Waals surface area contributed by atoms with Crippen LogP contribution in [0.1, 0.15) is 26.7 Å². The molecule has 2 saturated heterocycles. The van der Waals surface area contributed by atoms with E-state index in [9.17, 15) is 4.79 Å². The number of aliphatic hydroxyl groups is 1. The molecule has 22 heavy (non-hydrogen) atoms. The Morgan fingerprint density at radius 1 is 1.36 bits per heavy atom. The molecule has 2 heterocycles. The fourth-order valence-corrected chi connectivity index (χ4v) is 3.39. The third-order valence-electron chi connectivity index (χ3n) is 4.62. The molecule has 2 aliphatic heterocycles. The molecule has 0 amide bonds. The largest absolute Gasteiger partial charge is 0.463 e. The lowest BCUT2D eigenvalue weighted by Gasteiger charge is -2.42. The number of nitrogens with zero attached hydrogens (tertiary/aromatic N) is 2.